The van der Waals surface area contributed by atoms with Crippen LogP contribution in [0.25, 0.3) is 0 Å². The quantitative estimate of drug-likeness (QED) is 0.843. The molecule has 0 fully saturated rings. The molecule has 2 heterocycles. The largest absolute Gasteiger partial charge is 0.408 e. The fraction of sp³-hybridized carbons (Fsp3) is 0.273. The molecule has 1 amide bonds. The summed E-state index contributed by atoms with van der Waals surface area (Å²) in [6.07, 6.45) is 0.699. The van der Waals surface area contributed by atoms with Gasteiger partial charge in [-0.1, -0.05) is 12.0 Å². The van der Waals surface area contributed by atoms with Crippen molar-refractivity contribution in [3.63, 3.8) is 0 Å². The van der Waals surface area contributed by atoms with Crippen molar-refractivity contribution in [1.29, 1.82) is 0 Å². The Labute approximate surface area is 103 Å². The van der Waals surface area contributed by atoms with Crippen molar-refractivity contribution in [3.05, 3.63) is 29.3 Å². The first-order valence-corrected chi connectivity index (χ1v) is 5.46. The molecule has 0 aliphatic rings. The lowest BCUT2D eigenvalue weighted by molar-refractivity contribution is 0.102. The van der Waals surface area contributed by atoms with E-state index in [4.69, 9.17) is 10.2 Å². The molecule has 7 heteroatoms. The van der Waals surface area contributed by atoms with Crippen LogP contribution in [0.2, 0.25) is 0 Å². The second kappa shape index (κ2) is 4.82. The van der Waals surface area contributed by atoms with Gasteiger partial charge in [0.1, 0.15) is 5.82 Å². The lowest BCUT2D eigenvalue weighted by Crippen LogP contribution is -2.13. The number of hydrogen-bond donors (Lipinski definition) is 2. The van der Waals surface area contributed by atoms with Gasteiger partial charge in [0, 0.05) is 18.2 Å². The third kappa shape index (κ3) is 2.62. The zero-order valence-electron chi connectivity index (χ0n) is 10.1. The van der Waals surface area contributed by atoms with Gasteiger partial charge in [0.25, 0.3) is 5.91 Å². The highest BCUT2D eigenvalue weighted by Gasteiger charge is 2.12. The summed E-state index contributed by atoms with van der Waals surface area (Å²) in [5.41, 5.74) is 6.79. The van der Waals surface area contributed by atoms with Crippen LogP contribution in [-0.4, -0.2) is 21.1 Å². The number of nitrogen functional groups attached to an aromatic ring is 1. The smallest absolute Gasteiger partial charge is 0.322 e. The zero-order chi connectivity index (χ0) is 13.1. The minimum Gasteiger partial charge on any atom is -0.408 e. The summed E-state index contributed by atoms with van der Waals surface area (Å²) in [4.78, 5) is 16.0. The van der Waals surface area contributed by atoms with E-state index in [-0.39, 0.29) is 11.9 Å². The van der Waals surface area contributed by atoms with Crippen LogP contribution < -0.4 is 11.1 Å². The van der Waals surface area contributed by atoms with Gasteiger partial charge in [0.2, 0.25) is 5.89 Å². The van der Waals surface area contributed by atoms with Gasteiger partial charge in [-0.05, 0) is 18.6 Å². The van der Waals surface area contributed by atoms with Gasteiger partial charge >= 0.3 is 6.01 Å². The SMILES string of the molecule is CCc1cc(C(=O)Nc2nnc(C)o2)cc(N)n1. The minimum atomic E-state index is -0.359. The number of aryl methyl sites for hydroxylation is 2. The summed E-state index contributed by atoms with van der Waals surface area (Å²) in [6.45, 7) is 3.58. The van der Waals surface area contributed by atoms with Crippen LogP contribution in [0, 0.1) is 6.92 Å². The third-order valence-corrected chi connectivity index (χ3v) is 2.27. The summed E-state index contributed by atoms with van der Waals surface area (Å²) >= 11 is 0. The lowest BCUT2D eigenvalue weighted by atomic mass is 10.2. The first-order valence-electron chi connectivity index (χ1n) is 5.46. The Balaban J connectivity index is 2.20. The molecule has 2 rings (SSSR count). The van der Waals surface area contributed by atoms with E-state index in [2.05, 4.69) is 20.5 Å². The molecule has 0 bridgehead atoms. The van der Waals surface area contributed by atoms with Crippen LogP contribution in [-0.2, 0) is 6.42 Å². The summed E-state index contributed by atoms with van der Waals surface area (Å²) in [5.74, 6) is 0.331. The third-order valence-electron chi connectivity index (χ3n) is 2.27. The topological polar surface area (TPSA) is 107 Å². The molecule has 18 heavy (non-hydrogen) atoms. The van der Waals surface area contributed by atoms with Crippen molar-refractivity contribution in [2.24, 2.45) is 0 Å². The van der Waals surface area contributed by atoms with E-state index in [1.54, 1.807) is 13.0 Å². The van der Waals surface area contributed by atoms with Gasteiger partial charge in [-0.25, -0.2) is 4.98 Å². The Hall–Kier alpha value is -2.44. The molecule has 0 aromatic carbocycles. The van der Waals surface area contributed by atoms with E-state index in [0.717, 1.165) is 5.69 Å². The zero-order valence-corrected chi connectivity index (χ0v) is 10.1. The van der Waals surface area contributed by atoms with Crippen molar-refractivity contribution < 1.29 is 9.21 Å². The maximum atomic E-state index is 11.9. The summed E-state index contributed by atoms with van der Waals surface area (Å²) in [7, 11) is 0. The van der Waals surface area contributed by atoms with Crippen molar-refractivity contribution in [1.82, 2.24) is 15.2 Å². The fourth-order valence-corrected chi connectivity index (χ4v) is 1.44. The molecule has 0 aliphatic heterocycles. The van der Waals surface area contributed by atoms with Crippen LogP contribution >= 0.6 is 0 Å². The molecule has 0 atom stereocenters. The number of nitrogens with two attached hydrogens (primary N) is 1. The molecule has 2 aromatic heterocycles. The van der Waals surface area contributed by atoms with Crippen LogP contribution in [0.15, 0.2) is 16.5 Å². The van der Waals surface area contributed by atoms with Crippen LogP contribution in [0.1, 0.15) is 28.9 Å². The molecular weight excluding hydrogens is 234 g/mol. The van der Waals surface area contributed by atoms with Crippen molar-refractivity contribution in [2.75, 3.05) is 11.1 Å². The number of amides is 1. The molecule has 0 saturated heterocycles. The second-order valence-corrected chi connectivity index (χ2v) is 3.71. The summed E-state index contributed by atoms with van der Waals surface area (Å²) in [5, 5.41) is 9.79. The van der Waals surface area contributed by atoms with Gasteiger partial charge in [-0.3, -0.25) is 10.1 Å². The molecule has 2 aromatic rings. The Morgan fingerprint density at radius 2 is 2.22 bits per heavy atom. The highest BCUT2D eigenvalue weighted by Crippen LogP contribution is 2.11. The molecule has 0 saturated carbocycles. The number of aromatic nitrogens is 3. The van der Waals surface area contributed by atoms with Crippen molar-refractivity contribution in [2.45, 2.75) is 20.3 Å². The predicted octanol–water partition coefficient (Wildman–Crippen LogP) is 1.17. The fourth-order valence-electron chi connectivity index (χ4n) is 1.44. The Morgan fingerprint density at radius 1 is 1.44 bits per heavy atom. The number of nitrogens with one attached hydrogen (secondary N) is 1. The first-order chi connectivity index (χ1) is 8.58. The number of hydrogen-bond acceptors (Lipinski definition) is 6. The van der Waals surface area contributed by atoms with Crippen molar-refractivity contribution >= 4 is 17.7 Å². The normalized spacial score (nSPS) is 10.3. The maximum absolute atomic E-state index is 11.9. The van der Waals surface area contributed by atoms with Gasteiger partial charge in [-0.15, -0.1) is 5.10 Å². The van der Waals surface area contributed by atoms with Crippen LogP contribution in [0.5, 0.6) is 0 Å². The number of carbonyl (C=O) groups is 1. The summed E-state index contributed by atoms with van der Waals surface area (Å²) in [6, 6.07) is 3.23. The Bertz CT molecular complexity index is 579. The van der Waals surface area contributed by atoms with Crippen molar-refractivity contribution in [3.8, 4) is 0 Å². The molecular formula is C11H13N5O2. The molecule has 3 N–H and O–H groups in total. The standard InChI is InChI=1S/C11H13N5O2/c1-3-8-4-7(5-9(12)13-8)10(17)14-11-16-15-6(2)18-11/h4-5H,3H2,1-2H3,(H2,12,13)(H,14,16,17). The van der Waals surface area contributed by atoms with Crippen LogP contribution in [0.3, 0.4) is 0 Å². The molecule has 7 nitrogen and oxygen atoms in total. The number of nitrogens with zero attached hydrogens (tertiary/aromatic N) is 3. The molecule has 0 unspecified atom stereocenters. The van der Waals surface area contributed by atoms with Crippen LogP contribution in [0.4, 0.5) is 11.8 Å². The first kappa shape index (κ1) is 12.0. The Morgan fingerprint density at radius 3 is 2.83 bits per heavy atom. The van der Waals surface area contributed by atoms with E-state index >= 15 is 0 Å². The number of pyridine rings is 1. The number of rotatable bonds is 3. The molecule has 0 aliphatic carbocycles. The van der Waals surface area contributed by atoms with E-state index in [0.29, 0.717) is 23.7 Å². The van der Waals surface area contributed by atoms with Gasteiger partial charge < -0.3 is 10.2 Å². The minimum absolute atomic E-state index is 0.0610. The average molecular weight is 247 g/mol. The predicted molar refractivity (Wildman–Crippen MR) is 65.0 cm³/mol. The number of anilines is 2. The molecule has 0 spiro atoms. The number of carbonyl (C=O) groups excluding carboxylic acids is 1. The van der Waals surface area contributed by atoms with Gasteiger partial charge in [0.15, 0.2) is 0 Å². The summed E-state index contributed by atoms with van der Waals surface area (Å²) < 4.78 is 5.06. The Kier molecular flexibility index (Phi) is 3.22. The average Bonchev–Trinajstić information content (AvgIpc) is 2.73. The van der Waals surface area contributed by atoms with Gasteiger partial charge in [-0.2, -0.15) is 0 Å². The van der Waals surface area contributed by atoms with Gasteiger partial charge in [0.05, 0.1) is 0 Å². The molecule has 0 radical (unpaired) electrons. The second-order valence-electron chi connectivity index (χ2n) is 3.71. The lowest BCUT2D eigenvalue weighted by Gasteiger charge is -2.04. The molecule has 94 valence electrons. The van der Waals surface area contributed by atoms with E-state index < -0.39 is 0 Å². The van der Waals surface area contributed by atoms with E-state index in [9.17, 15) is 4.79 Å². The maximum Gasteiger partial charge on any atom is 0.322 e. The highest BCUT2D eigenvalue weighted by atomic mass is 16.4. The van der Waals surface area contributed by atoms with E-state index in [1.807, 2.05) is 6.92 Å². The van der Waals surface area contributed by atoms with E-state index in [1.165, 1.54) is 6.07 Å². The highest BCUT2D eigenvalue weighted by molar-refractivity contribution is 6.03. The monoisotopic (exact) mass is 247 g/mol.